The Bertz CT molecular complexity index is 496. The summed E-state index contributed by atoms with van der Waals surface area (Å²) in [6.45, 7) is 1.60. The SMILES string of the molecule is CO[C@@H]1CCC[C@H](OC(=O)[C@H](C)N2C(=O)[C@H]3CCCC[C@@H]3C2=O)C1. The van der Waals surface area contributed by atoms with Gasteiger partial charge in [0.1, 0.15) is 12.1 Å². The molecule has 6 heteroatoms. The van der Waals surface area contributed by atoms with Crippen molar-refractivity contribution in [3.05, 3.63) is 0 Å². The van der Waals surface area contributed by atoms with Crippen molar-refractivity contribution in [1.29, 1.82) is 0 Å². The van der Waals surface area contributed by atoms with E-state index in [0.29, 0.717) is 6.42 Å². The lowest BCUT2D eigenvalue weighted by molar-refractivity contribution is -0.164. The molecule has 0 aromatic rings. The summed E-state index contributed by atoms with van der Waals surface area (Å²) in [7, 11) is 1.67. The van der Waals surface area contributed by atoms with Crippen molar-refractivity contribution in [2.75, 3.05) is 7.11 Å². The normalized spacial score (nSPS) is 34.8. The molecular weight excluding hydrogens is 310 g/mol. The van der Waals surface area contributed by atoms with Crippen LogP contribution in [0.3, 0.4) is 0 Å². The molecule has 2 aliphatic carbocycles. The molecule has 134 valence electrons. The van der Waals surface area contributed by atoms with Crippen molar-refractivity contribution in [3.63, 3.8) is 0 Å². The molecule has 0 N–H and O–H groups in total. The summed E-state index contributed by atoms with van der Waals surface area (Å²) in [4.78, 5) is 38.8. The van der Waals surface area contributed by atoms with Gasteiger partial charge in [0.15, 0.2) is 0 Å². The summed E-state index contributed by atoms with van der Waals surface area (Å²) in [6, 6.07) is -0.835. The van der Waals surface area contributed by atoms with Crippen LogP contribution in [0.2, 0.25) is 0 Å². The van der Waals surface area contributed by atoms with Crippen molar-refractivity contribution in [2.24, 2.45) is 11.8 Å². The van der Waals surface area contributed by atoms with Crippen molar-refractivity contribution < 1.29 is 23.9 Å². The fourth-order valence-electron chi connectivity index (χ4n) is 4.36. The third kappa shape index (κ3) is 3.21. The number of carbonyl (C=O) groups excluding carboxylic acids is 3. The molecule has 1 saturated heterocycles. The molecule has 5 atom stereocenters. The number of amides is 2. The van der Waals surface area contributed by atoms with Crippen LogP contribution in [-0.4, -0.2) is 48.0 Å². The summed E-state index contributed by atoms with van der Waals surface area (Å²) in [5, 5.41) is 0. The number of imide groups is 1. The largest absolute Gasteiger partial charge is 0.461 e. The van der Waals surface area contributed by atoms with E-state index < -0.39 is 12.0 Å². The van der Waals surface area contributed by atoms with Crippen LogP contribution >= 0.6 is 0 Å². The molecule has 0 unspecified atom stereocenters. The smallest absolute Gasteiger partial charge is 0.329 e. The summed E-state index contributed by atoms with van der Waals surface area (Å²) in [5.41, 5.74) is 0. The Balaban J connectivity index is 1.63. The van der Waals surface area contributed by atoms with Gasteiger partial charge in [0.05, 0.1) is 17.9 Å². The fourth-order valence-corrected chi connectivity index (χ4v) is 4.36. The number of nitrogens with zero attached hydrogens (tertiary/aromatic N) is 1. The zero-order valence-corrected chi connectivity index (χ0v) is 14.5. The number of hydrogen-bond acceptors (Lipinski definition) is 5. The quantitative estimate of drug-likeness (QED) is 0.580. The lowest BCUT2D eigenvalue weighted by Crippen LogP contribution is -2.45. The van der Waals surface area contributed by atoms with Gasteiger partial charge in [-0.25, -0.2) is 4.79 Å². The third-order valence-corrected chi connectivity index (χ3v) is 5.80. The van der Waals surface area contributed by atoms with Crippen LogP contribution in [0.25, 0.3) is 0 Å². The minimum absolute atomic E-state index is 0.116. The molecule has 0 radical (unpaired) electrons. The minimum Gasteiger partial charge on any atom is -0.461 e. The average Bonchev–Trinajstić information content (AvgIpc) is 2.86. The van der Waals surface area contributed by atoms with E-state index in [-0.39, 0.29) is 35.9 Å². The number of hydrogen-bond donors (Lipinski definition) is 0. The first-order chi connectivity index (χ1) is 11.5. The van der Waals surface area contributed by atoms with Gasteiger partial charge in [-0.3, -0.25) is 14.5 Å². The molecule has 0 spiro atoms. The second-order valence-electron chi connectivity index (χ2n) is 7.30. The van der Waals surface area contributed by atoms with E-state index in [9.17, 15) is 14.4 Å². The van der Waals surface area contributed by atoms with Gasteiger partial charge in [-0.1, -0.05) is 12.8 Å². The van der Waals surface area contributed by atoms with Gasteiger partial charge >= 0.3 is 5.97 Å². The molecule has 0 aromatic heterocycles. The lowest BCUT2D eigenvalue weighted by atomic mass is 9.81. The van der Waals surface area contributed by atoms with E-state index in [1.165, 1.54) is 4.90 Å². The Hall–Kier alpha value is -1.43. The van der Waals surface area contributed by atoms with Crippen LogP contribution in [0.1, 0.15) is 58.3 Å². The van der Waals surface area contributed by atoms with Gasteiger partial charge in [-0.05, 0) is 39.0 Å². The molecule has 0 bridgehead atoms. The summed E-state index contributed by atoms with van der Waals surface area (Å²) in [5.74, 6) is -1.31. The average molecular weight is 337 g/mol. The second-order valence-corrected chi connectivity index (χ2v) is 7.30. The number of fused-ring (bicyclic) bond motifs is 1. The summed E-state index contributed by atoms with van der Waals surface area (Å²) in [6.07, 6.45) is 6.83. The highest BCUT2D eigenvalue weighted by molar-refractivity contribution is 6.07. The Morgan fingerprint density at radius 2 is 1.58 bits per heavy atom. The van der Waals surface area contributed by atoms with Gasteiger partial charge in [-0.2, -0.15) is 0 Å². The number of rotatable bonds is 4. The summed E-state index contributed by atoms with van der Waals surface area (Å²) >= 11 is 0. The van der Waals surface area contributed by atoms with Crippen LogP contribution in [0.15, 0.2) is 0 Å². The predicted molar refractivity (Wildman–Crippen MR) is 85.9 cm³/mol. The molecule has 2 saturated carbocycles. The highest BCUT2D eigenvalue weighted by Gasteiger charge is 2.51. The highest BCUT2D eigenvalue weighted by atomic mass is 16.5. The van der Waals surface area contributed by atoms with Gasteiger partial charge in [-0.15, -0.1) is 0 Å². The molecule has 24 heavy (non-hydrogen) atoms. The van der Waals surface area contributed by atoms with Gasteiger partial charge in [0.25, 0.3) is 0 Å². The molecule has 3 fully saturated rings. The topological polar surface area (TPSA) is 72.9 Å². The van der Waals surface area contributed by atoms with Gasteiger partial charge < -0.3 is 9.47 Å². The molecule has 2 amide bonds. The van der Waals surface area contributed by atoms with Crippen LogP contribution in [0, 0.1) is 11.8 Å². The van der Waals surface area contributed by atoms with E-state index >= 15 is 0 Å². The van der Waals surface area contributed by atoms with Crippen LogP contribution in [0.5, 0.6) is 0 Å². The second kappa shape index (κ2) is 7.21. The summed E-state index contributed by atoms with van der Waals surface area (Å²) < 4.78 is 10.9. The van der Waals surface area contributed by atoms with Crippen LogP contribution in [-0.2, 0) is 23.9 Å². The lowest BCUT2D eigenvalue weighted by Gasteiger charge is -2.30. The maximum Gasteiger partial charge on any atom is 0.329 e. The first-order valence-corrected chi connectivity index (χ1v) is 9.13. The Kier molecular flexibility index (Phi) is 5.23. The predicted octanol–water partition coefficient (Wildman–Crippen LogP) is 2.05. The van der Waals surface area contributed by atoms with Gasteiger partial charge in [0.2, 0.25) is 11.8 Å². The van der Waals surface area contributed by atoms with E-state index in [4.69, 9.17) is 9.47 Å². The number of methoxy groups -OCH3 is 1. The monoisotopic (exact) mass is 337 g/mol. The molecule has 0 aromatic carbocycles. The molecule has 6 nitrogen and oxygen atoms in total. The highest BCUT2D eigenvalue weighted by Crippen LogP contribution is 2.39. The molecule has 1 aliphatic heterocycles. The number of carbonyl (C=O) groups is 3. The first kappa shape index (κ1) is 17.4. The molecule has 3 aliphatic rings. The third-order valence-electron chi connectivity index (χ3n) is 5.80. The van der Waals surface area contributed by atoms with E-state index in [0.717, 1.165) is 44.9 Å². The maximum atomic E-state index is 12.6. The molecule has 3 rings (SSSR count). The standard InChI is InChI=1S/C18H27NO5/c1-11(18(22)24-13-7-5-6-12(10-13)23-2)19-16(20)14-8-3-4-9-15(14)17(19)21/h11-15H,3-10H2,1-2H3/t11-,12+,13-,14-,15-/m0/s1. The van der Waals surface area contributed by atoms with Gasteiger partial charge in [0, 0.05) is 13.5 Å². The number of likely N-dealkylation sites (tertiary alicyclic amines) is 1. The van der Waals surface area contributed by atoms with Crippen molar-refractivity contribution in [3.8, 4) is 0 Å². The van der Waals surface area contributed by atoms with Crippen molar-refractivity contribution in [2.45, 2.75) is 76.5 Å². The maximum absolute atomic E-state index is 12.6. The molecule has 1 heterocycles. The Labute approximate surface area is 142 Å². The van der Waals surface area contributed by atoms with Crippen molar-refractivity contribution >= 4 is 17.8 Å². The van der Waals surface area contributed by atoms with E-state index in [2.05, 4.69) is 0 Å². The Morgan fingerprint density at radius 1 is 1.00 bits per heavy atom. The minimum atomic E-state index is -0.835. The van der Waals surface area contributed by atoms with Crippen LogP contribution < -0.4 is 0 Å². The Morgan fingerprint density at radius 3 is 2.17 bits per heavy atom. The zero-order valence-electron chi connectivity index (χ0n) is 14.5. The number of ether oxygens (including phenoxy) is 2. The zero-order chi connectivity index (χ0) is 17.3. The molecular formula is C18H27NO5. The van der Waals surface area contributed by atoms with Crippen molar-refractivity contribution in [1.82, 2.24) is 4.90 Å². The van der Waals surface area contributed by atoms with E-state index in [1.807, 2.05) is 0 Å². The van der Waals surface area contributed by atoms with E-state index in [1.54, 1.807) is 14.0 Å². The number of esters is 1. The first-order valence-electron chi connectivity index (χ1n) is 9.13. The van der Waals surface area contributed by atoms with Crippen LogP contribution in [0.4, 0.5) is 0 Å². The fraction of sp³-hybridized carbons (Fsp3) is 0.833.